The van der Waals surface area contributed by atoms with Crippen molar-refractivity contribution < 1.29 is 4.79 Å². The third-order valence-corrected chi connectivity index (χ3v) is 6.12. The van der Waals surface area contributed by atoms with Crippen LogP contribution in [0.4, 0.5) is 0 Å². The second-order valence-electron chi connectivity index (χ2n) is 5.76. The van der Waals surface area contributed by atoms with Crippen molar-refractivity contribution in [1.82, 2.24) is 4.90 Å². The fraction of sp³-hybridized carbons (Fsp3) is 0.136. The summed E-state index contributed by atoms with van der Waals surface area (Å²) in [6.45, 7) is 1.53. The van der Waals surface area contributed by atoms with Gasteiger partial charge in [-0.25, -0.2) is 0 Å². The standard InChI is InChI=1S/C18H15P.C4H9NO.ClH/c1-4-10-16(11-5-1)19(17-12-6-2-7-13-17)18-14-8-3-9-15-18;1-4(6)5(2)3;/h1-15H;1-3H3;1H. The zero-order chi connectivity index (χ0) is 18.1. The summed E-state index contributed by atoms with van der Waals surface area (Å²) in [5, 5.41) is 4.19. The predicted molar refractivity (Wildman–Crippen MR) is 117 cm³/mol. The van der Waals surface area contributed by atoms with Gasteiger partial charge in [0.05, 0.1) is 0 Å². The van der Waals surface area contributed by atoms with Crippen LogP contribution in [0.1, 0.15) is 6.92 Å². The van der Waals surface area contributed by atoms with Crippen molar-refractivity contribution >= 4 is 42.1 Å². The molecule has 0 aliphatic carbocycles. The number of nitrogens with zero attached hydrogens (tertiary/aromatic N) is 1. The molecule has 0 fully saturated rings. The van der Waals surface area contributed by atoms with E-state index in [-0.39, 0.29) is 18.3 Å². The van der Waals surface area contributed by atoms with Gasteiger partial charge in [0.15, 0.2) is 0 Å². The lowest BCUT2D eigenvalue weighted by molar-refractivity contribution is -0.126. The molecule has 0 heterocycles. The van der Waals surface area contributed by atoms with Crippen LogP contribution in [0.5, 0.6) is 0 Å². The summed E-state index contributed by atoms with van der Waals surface area (Å²) in [4.78, 5) is 11.6. The minimum absolute atomic E-state index is 0. The van der Waals surface area contributed by atoms with Crippen LogP contribution >= 0.6 is 20.3 Å². The molecule has 0 saturated carbocycles. The Morgan fingerprint density at radius 1 is 0.654 bits per heavy atom. The highest BCUT2D eigenvalue weighted by Crippen LogP contribution is 2.32. The number of carbonyl (C=O) groups is 1. The summed E-state index contributed by atoms with van der Waals surface area (Å²) < 4.78 is 0. The van der Waals surface area contributed by atoms with Crippen LogP contribution in [0.2, 0.25) is 0 Å². The molecule has 3 aromatic rings. The lowest BCUT2D eigenvalue weighted by Crippen LogP contribution is -2.20. The van der Waals surface area contributed by atoms with E-state index in [1.54, 1.807) is 14.1 Å². The molecule has 26 heavy (non-hydrogen) atoms. The summed E-state index contributed by atoms with van der Waals surface area (Å²) in [5.74, 6) is 0.0926. The molecule has 3 aromatic carbocycles. The van der Waals surface area contributed by atoms with Crippen LogP contribution < -0.4 is 15.9 Å². The first-order valence-corrected chi connectivity index (χ1v) is 9.57. The van der Waals surface area contributed by atoms with Gasteiger partial charge in [0.1, 0.15) is 0 Å². The van der Waals surface area contributed by atoms with Gasteiger partial charge in [0.2, 0.25) is 5.91 Å². The minimum Gasteiger partial charge on any atom is -0.349 e. The van der Waals surface area contributed by atoms with Crippen molar-refractivity contribution in [1.29, 1.82) is 0 Å². The predicted octanol–water partition coefficient (Wildman–Crippen LogP) is 3.96. The monoisotopic (exact) mass is 385 g/mol. The van der Waals surface area contributed by atoms with Crippen LogP contribution in [-0.2, 0) is 4.79 Å². The average Bonchev–Trinajstić information content (AvgIpc) is 2.65. The van der Waals surface area contributed by atoms with Crippen molar-refractivity contribution in [2.24, 2.45) is 0 Å². The Balaban J connectivity index is 0.000000422. The molecule has 0 bridgehead atoms. The Morgan fingerprint density at radius 3 is 1.08 bits per heavy atom. The smallest absolute Gasteiger partial charge is 0.218 e. The maximum atomic E-state index is 10.1. The maximum Gasteiger partial charge on any atom is 0.218 e. The zero-order valence-corrected chi connectivity index (χ0v) is 17.1. The van der Waals surface area contributed by atoms with Gasteiger partial charge >= 0.3 is 0 Å². The molecule has 0 unspecified atom stereocenters. The van der Waals surface area contributed by atoms with Crippen molar-refractivity contribution in [3.63, 3.8) is 0 Å². The number of hydrogen-bond acceptors (Lipinski definition) is 1. The Kier molecular flexibility index (Phi) is 9.65. The molecule has 136 valence electrons. The summed E-state index contributed by atoms with van der Waals surface area (Å²) in [5.41, 5.74) is 0. The summed E-state index contributed by atoms with van der Waals surface area (Å²) in [6.07, 6.45) is 0. The highest BCUT2D eigenvalue weighted by atomic mass is 35.5. The van der Waals surface area contributed by atoms with Gasteiger partial charge in [-0.1, -0.05) is 91.0 Å². The van der Waals surface area contributed by atoms with Crippen molar-refractivity contribution in [2.45, 2.75) is 6.92 Å². The second kappa shape index (κ2) is 11.5. The largest absolute Gasteiger partial charge is 0.349 e. The van der Waals surface area contributed by atoms with E-state index in [1.807, 2.05) is 0 Å². The molecule has 0 spiro atoms. The molecule has 0 aliphatic rings. The van der Waals surface area contributed by atoms with E-state index in [0.29, 0.717) is 0 Å². The van der Waals surface area contributed by atoms with Crippen molar-refractivity contribution in [3.8, 4) is 0 Å². The van der Waals surface area contributed by atoms with E-state index in [9.17, 15) is 4.79 Å². The van der Waals surface area contributed by atoms with Gasteiger partial charge in [-0.2, -0.15) is 0 Å². The van der Waals surface area contributed by atoms with Gasteiger partial charge in [0.25, 0.3) is 0 Å². The number of carbonyl (C=O) groups excluding carboxylic acids is 1. The molecule has 0 aliphatic heterocycles. The summed E-state index contributed by atoms with van der Waals surface area (Å²) >= 11 is 0. The van der Waals surface area contributed by atoms with Gasteiger partial charge in [-0.05, 0) is 23.8 Å². The molecule has 0 aromatic heterocycles. The number of rotatable bonds is 3. The Morgan fingerprint density at radius 2 is 0.885 bits per heavy atom. The summed E-state index contributed by atoms with van der Waals surface area (Å²) in [7, 11) is 3.00. The van der Waals surface area contributed by atoms with E-state index in [4.69, 9.17) is 0 Å². The normalized spacial score (nSPS) is 9.54. The minimum atomic E-state index is -0.446. The molecule has 0 radical (unpaired) electrons. The van der Waals surface area contributed by atoms with Gasteiger partial charge in [-0.15, -0.1) is 12.4 Å². The number of halogens is 1. The Bertz CT molecular complexity index is 670. The average molecular weight is 386 g/mol. The summed E-state index contributed by atoms with van der Waals surface area (Å²) in [6, 6.07) is 32.3. The van der Waals surface area contributed by atoms with E-state index in [1.165, 1.54) is 27.7 Å². The van der Waals surface area contributed by atoms with E-state index in [0.717, 1.165) is 0 Å². The highest BCUT2D eigenvalue weighted by Gasteiger charge is 2.14. The first kappa shape index (κ1) is 21.9. The Hall–Kier alpha value is -2.15. The molecule has 0 atom stereocenters. The molecular formula is C22H25ClNOP. The molecule has 4 heteroatoms. The topological polar surface area (TPSA) is 20.3 Å². The third-order valence-electron chi connectivity index (χ3n) is 3.67. The van der Waals surface area contributed by atoms with Crippen LogP contribution in [0.3, 0.4) is 0 Å². The molecular weight excluding hydrogens is 361 g/mol. The molecule has 2 nitrogen and oxygen atoms in total. The highest BCUT2D eigenvalue weighted by molar-refractivity contribution is 7.79. The lowest BCUT2D eigenvalue weighted by Gasteiger charge is -2.18. The van der Waals surface area contributed by atoms with Gasteiger partial charge < -0.3 is 4.90 Å². The number of hydrogen-bond donors (Lipinski definition) is 0. The third kappa shape index (κ3) is 6.63. The van der Waals surface area contributed by atoms with Crippen LogP contribution in [0, 0.1) is 0 Å². The first-order chi connectivity index (χ1) is 12.1. The van der Waals surface area contributed by atoms with E-state index < -0.39 is 7.92 Å². The molecule has 0 N–H and O–H groups in total. The maximum absolute atomic E-state index is 10.1. The van der Waals surface area contributed by atoms with Crippen LogP contribution in [0.25, 0.3) is 0 Å². The van der Waals surface area contributed by atoms with Gasteiger partial charge in [0, 0.05) is 21.0 Å². The van der Waals surface area contributed by atoms with Crippen molar-refractivity contribution in [2.75, 3.05) is 14.1 Å². The number of amides is 1. The van der Waals surface area contributed by atoms with E-state index in [2.05, 4.69) is 91.0 Å². The molecule has 1 amide bonds. The number of benzene rings is 3. The fourth-order valence-corrected chi connectivity index (χ4v) is 4.48. The quantitative estimate of drug-likeness (QED) is 0.625. The van der Waals surface area contributed by atoms with E-state index >= 15 is 0 Å². The first-order valence-electron chi connectivity index (χ1n) is 8.23. The molecule has 3 rings (SSSR count). The second-order valence-corrected chi connectivity index (χ2v) is 7.98. The fourth-order valence-electron chi connectivity index (χ4n) is 2.18. The SMILES string of the molecule is CC(=O)N(C)C.Cl.c1ccc(P(c2ccccc2)c2ccccc2)cc1. The molecule has 0 saturated heterocycles. The van der Waals surface area contributed by atoms with Crippen molar-refractivity contribution in [3.05, 3.63) is 91.0 Å². The lowest BCUT2D eigenvalue weighted by atomic mass is 10.4. The van der Waals surface area contributed by atoms with Crippen LogP contribution in [0.15, 0.2) is 91.0 Å². The van der Waals surface area contributed by atoms with Crippen LogP contribution in [-0.4, -0.2) is 24.9 Å². The Labute approximate surface area is 164 Å². The van der Waals surface area contributed by atoms with Gasteiger partial charge in [-0.3, -0.25) is 4.79 Å². The zero-order valence-electron chi connectivity index (χ0n) is 15.4.